The fraction of sp³-hybridized carbons (Fsp3) is 0.643. The molecule has 0 saturated carbocycles. The SMILES string of the molecule is CCC1CN(c2cc([N+](=O)[O-])c(C)cn2)C(CC)CN1. The van der Waals surface area contributed by atoms with Gasteiger partial charge in [-0.15, -0.1) is 0 Å². The number of aryl methyl sites for hydroxylation is 1. The Morgan fingerprint density at radius 2 is 2.25 bits per heavy atom. The zero-order chi connectivity index (χ0) is 14.7. The third-order valence-electron chi connectivity index (χ3n) is 4.02. The zero-order valence-corrected chi connectivity index (χ0v) is 12.3. The fourth-order valence-corrected chi connectivity index (χ4v) is 2.64. The maximum atomic E-state index is 11.1. The van der Waals surface area contributed by atoms with Crippen LogP contribution in [-0.4, -0.2) is 35.1 Å². The molecule has 1 aromatic rings. The van der Waals surface area contributed by atoms with Gasteiger partial charge in [0.2, 0.25) is 0 Å². The Labute approximate surface area is 119 Å². The van der Waals surface area contributed by atoms with Crippen LogP contribution in [0.15, 0.2) is 12.3 Å². The van der Waals surface area contributed by atoms with Crippen molar-refractivity contribution in [2.24, 2.45) is 0 Å². The molecule has 20 heavy (non-hydrogen) atoms. The number of piperazine rings is 1. The summed E-state index contributed by atoms with van der Waals surface area (Å²) in [6.45, 7) is 7.75. The third kappa shape index (κ3) is 2.90. The van der Waals surface area contributed by atoms with E-state index in [0.29, 0.717) is 23.5 Å². The molecule has 1 N–H and O–H groups in total. The molecule has 1 aliphatic heterocycles. The van der Waals surface area contributed by atoms with Crippen LogP contribution in [0.5, 0.6) is 0 Å². The summed E-state index contributed by atoms with van der Waals surface area (Å²) >= 11 is 0. The number of hydrogen-bond acceptors (Lipinski definition) is 5. The first-order chi connectivity index (χ1) is 9.56. The number of nitrogens with zero attached hydrogens (tertiary/aromatic N) is 3. The molecule has 0 bridgehead atoms. The maximum absolute atomic E-state index is 11.1. The molecule has 1 aliphatic rings. The molecule has 0 aliphatic carbocycles. The van der Waals surface area contributed by atoms with E-state index in [1.165, 1.54) is 0 Å². The summed E-state index contributed by atoms with van der Waals surface area (Å²) in [6.07, 6.45) is 3.64. The first-order valence-corrected chi connectivity index (χ1v) is 7.17. The van der Waals surface area contributed by atoms with Crippen molar-refractivity contribution >= 4 is 11.5 Å². The summed E-state index contributed by atoms with van der Waals surface area (Å²) in [7, 11) is 0. The minimum atomic E-state index is -0.332. The van der Waals surface area contributed by atoms with Crippen LogP contribution in [0.3, 0.4) is 0 Å². The highest BCUT2D eigenvalue weighted by Gasteiger charge is 2.28. The van der Waals surface area contributed by atoms with Crippen LogP contribution in [0, 0.1) is 17.0 Å². The normalized spacial score (nSPS) is 22.9. The number of anilines is 1. The highest BCUT2D eigenvalue weighted by molar-refractivity contribution is 5.51. The molecule has 1 fully saturated rings. The minimum absolute atomic E-state index is 0.149. The monoisotopic (exact) mass is 278 g/mol. The van der Waals surface area contributed by atoms with E-state index >= 15 is 0 Å². The highest BCUT2D eigenvalue weighted by atomic mass is 16.6. The van der Waals surface area contributed by atoms with Crippen molar-refractivity contribution < 1.29 is 4.92 Å². The smallest absolute Gasteiger partial charge is 0.277 e. The van der Waals surface area contributed by atoms with E-state index in [0.717, 1.165) is 25.9 Å². The third-order valence-corrected chi connectivity index (χ3v) is 4.02. The standard InChI is InChI=1S/C14H22N4O2/c1-4-11-9-17(12(5-2)8-15-11)14-6-13(18(19)20)10(3)7-16-14/h6-7,11-12,15H,4-5,8-9H2,1-3H3. The second-order valence-electron chi connectivity index (χ2n) is 5.31. The van der Waals surface area contributed by atoms with Crippen LogP contribution in [0.4, 0.5) is 11.5 Å². The van der Waals surface area contributed by atoms with Gasteiger partial charge < -0.3 is 10.2 Å². The molecule has 0 amide bonds. The molecule has 2 heterocycles. The molecule has 6 nitrogen and oxygen atoms in total. The van der Waals surface area contributed by atoms with E-state index in [2.05, 4.69) is 29.0 Å². The van der Waals surface area contributed by atoms with Gasteiger partial charge in [0, 0.05) is 36.9 Å². The lowest BCUT2D eigenvalue weighted by atomic mass is 10.0. The van der Waals surface area contributed by atoms with Gasteiger partial charge in [-0.2, -0.15) is 0 Å². The van der Waals surface area contributed by atoms with Gasteiger partial charge in [-0.3, -0.25) is 10.1 Å². The van der Waals surface area contributed by atoms with Crippen molar-refractivity contribution in [1.29, 1.82) is 0 Å². The molecule has 0 spiro atoms. The number of nitro groups is 1. The largest absolute Gasteiger partial charge is 0.351 e. The molecule has 0 radical (unpaired) electrons. The minimum Gasteiger partial charge on any atom is -0.351 e. The Hall–Kier alpha value is -1.69. The molecule has 2 unspecified atom stereocenters. The van der Waals surface area contributed by atoms with Crippen molar-refractivity contribution in [3.05, 3.63) is 27.9 Å². The maximum Gasteiger partial charge on any atom is 0.277 e. The summed E-state index contributed by atoms with van der Waals surface area (Å²) in [4.78, 5) is 17.4. The molecule has 2 rings (SSSR count). The summed E-state index contributed by atoms with van der Waals surface area (Å²) in [5.41, 5.74) is 0.755. The van der Waals surface area contributed by atoms with Crippen LogP contribution in [0.1, 0.15) is 32.3 Å². The number of rotatable bonds is 4. The molecule has 1 aromatic heterocycles. The quantitative estimate of drug-likeness (QED) is 0.675. The highest BCUT2D eigenvalue weighted by Crippen LogP contribution is 2.26. The van der Waals surface area contributed by atoms with E-state index in [1.54, 1.807) is 19.2 Å². The summed E-state index contributed by atoms with van der Waals surface area (Å²) in [5, 5.41) is 14.6. The first kappa shape index (κ1) is 14.7. The Morgan fingerprint density at radius 3 is 2.85 bits per heavy atom. The molecular weight excluding hydrogens is 256 g/mol. The van der Waals surface area contributed by atoms with Crippen LogP contribution >= 0.6 is 0 Å². The Kier molecular flexibility index (Phi) is 4.54. The Bertz CT molecular complexity index is 492. The van der Waals surface area contributed by atoms with Crippen molar-refractivity contribution in [3.63, 3.8) is 0 Å². The van der Waals surface area contributed by atoms with Gasteiger partial charge in [0.15, 0.2) is 0 Å². The second-order valence-corrected chi connectivity index (χ2v) is 5.31. The lowest BCUT2D eigenvalue weighted by Crippen LogP contribution is -2.56. The van der Waals surface area contributed by atoms with E-state index < -0.39 is 0 Å². The molecular formula is C14H22N4O2. The lowest BCUT2D eigenvalue weighted by molar-refractivity contribution is -0.385. The van der Waals surface area contributed by atoms with Crippen molar-refractivity contribution in [3.8, 4) is 0 Å². The number of nitrogens with one attached hydrogen (secondary N) is 1. The van der Waals surface area contributed by atoms with Gasteiger partial charge in [0.25, 0.3) is 5.69 Å². The molecule has 1 saturated heterocycles. The van der Waals surface area contributed by atoms with Gasteiger partial charge >= 0.3 is 0 Å². The predicted molar refractivity (Wildman–Crippen MR) is 79.1 cm³/mol. The molecule has 0 aromatic carbocycles. The van der Waals surface area contributed by atoms with Crippen LogP contribution in [-0.2, 0) is 0 Å². The molecule has 2 atom stereocenters. The van der Waals surface area contributed by atoms with Gasteiger partial charge in [-0.25, -0.2) is 4.98 Å². The average molecular weight is 278 g/mol. The lowest BCUT2D eigenvalue weighted by Gasteiger charge is -2.40. The van der Waals surface area contributed by atoms with Crippen LogP contribution < -0.4 is 10.2 Å². The Morgan fingerprint density at radius 1 is 1.50 bits per heavy atom. The predicted octanol–water partition coefficient (Wildman–Crippen LogP) is 2.27. The zero-order valence-electron chi connectivity index (χ0n) is 12.3. The van der Waals surface area contributed by atoms with Crippen LogP contribution in [0.2, 0.25) is 0 Å². The van der Waals surface area contributed by atoms with Gasteiger partial charge in [-0.1, -0.05) is 13.8 Å². The second kappa shape index (κ2) is 6.17. The van der Waals surface area contributed by atoms with Crippen LogP contribution in [0.25, 0.3) is 0 Å². The number of aromatic nitrogens is 1. The van der Waals surface area contributed by atoms with Crippen molar-refractivity contribution in [2.45, 2.75) is 45.7 Å². The van der Waals surface area contributed by atoms with Gasteiger partial charge in [-0.05, 0) is 19.8 Å². The van der Waals surface area contributed by atoms with Crippen molar-refractivity contribution in [1.82, 2.24) is 10.3 Å². The van der Waals surface area contributed by atoms with E-state index in [4.69, 9.17) is 0 Å². The first-order valence-electron chi connectivity index (χ1n) is 7.17. The van der Waals surface area contributed by atoms with E-state index in [1.807, 2.05) is 0 Å². The fourth-order valence-electron chi connectivity index (χ4n) is 2.64. The molecule has 110 valence electrons. The average Bonchev–Trinajstić information content (AvgIpc) is 2.46. The number of pyridine rings is 1. The van der Waals surface area contributed by atoms with E-state index in [-0.39, 0.29) is 10.6 Å². The van der Waals surface area contributed by atoms with Gasteiger partial charge in [0.1, 0.15) is 5.82 Å². The summed E-state index contributed by atoms with van der Waals surface area (Å²) in [6, 6.07) is 2.36. The Balaban J connectivity index is 2.31. The number of hydrogen-bond donors (Lipinski definition) is 1. The topological polar surface area (TPSA) is 71.3 Å². The van der Waals surface area contributed by atoms with Crippen molar-refractivity contribution in [2.75, 3.05) is 18.0 Å². The molecule has 6 heteroatoms. The van der Waals surface area contributed by atoms with E-state index in [9.17, 15) is 10.1 Å². The summed E-state index contributed by atoms with van der Waals surface area (Å²) < 4.78 is 0. The van der Waals surface area contributed by atoms with Gasteiger partial charge in [0.05, 0.1) is 11.0 Å². The summed E-state index contributed by atoms with van der Waals surface area (Å²) in [5.74, 6) is 0.717.